The number of hydrogen-bond donors (Lipinski definition) is 1. The van der Waals surface area contributed by atoms with Crippen molar-refractivity contribution in [3.63, 3.8) is 0 Å². The van der Waals surface area contributed by atoms with E-state index >= 15 is 0 Å². The van der Waals surface area contributed by atoms with Crippen LogP contribution >= 0.6 is 0 Å². The Morgan fingerprint density at radius 3 is 2.85 bits per heavy atom. The first kappa shape index (κ1) is 16.1. The average Bonchev–Trinajstić information content (AvgIpc) is 3.40. The highest BCUT2D eigenvalue weighted by Gasteiger charge is 2.20. The molecule has 0 saturated carbocycles. The summed E-state index contributed by atoms with van der Waals surface area (Å²) in [6, 6.07) is 10.5. The molecular weight excluding hydrogens is 508 g/mol. The molecule has 0 spiro atoms. The van der Waals surface area contributed by atoms with Crippen molar-refractivity contribution in [1.29, 1.82) is 0 Å². The lowest BCUT2D eigenvalue weighted by atomic mass is 10.2. The van der Waals surface area contributed by atoms with Crippen LogP contribution in [0.1, 0.15) is 25.6 Å². The minimum absolute atomic E-state index is 0.0422. The van der Waals surface area contributed by atoms with E-state index in [1.54, 1.807) is 42.1 Å². The molecule has 1 N–H and O–H groups in total. The van der Waals surface area contributed by atoms with Gasteiger partial charge < -0.3 is 19.9 Å². The lowest BCUT2D eigenvalue weighted by molar-refractivity contribution is -0.125. The van der Waals surface area contributed by atoms with Crippen LogP contribution in [0.25, 0.3) is 22.1 Å². The van der Waals surface area contributed by atoms with Crippen molar-refractivity contribution in [2.24, 2.45) is 7.05 Å². The molecule has 1 amide bonds. The van der Waals surface area contributed by atoms with Crippen LogP contribution in [0.15, 0.2) is 61.6 Å². The molecule has 0 aliphatic carbocycles. The quantitative estimate of drug-likeness (QED) is 0.314. The van der Waals surface area contributed by atoms with E-state index in [0.29, 0.717) is 34.3 Å². The topological polar surface area (TPSA) is 127 Å². The number of nitrogens with zero attached hydrogens (tertiary/aromatic N) is 9. The molecule has 12 heteroatoms. The third-order valence-electron chi connectivity index (χ3n) is 5.82. The SMILES string of the molecule is [2H]C1([2H])N(C(=O)C=C)C([2H])([2H])C([2H])([2H])C([2H])([2H])N(c2ncc3ncnc(Nc4ccc(Oc5ccc6c(c5)nnn6C)c(C)c4)c3n2)C1([2H])[2H]. The van der Waals surface area contributed by atoms with Gasteiger partial charge in [-0.3, -0.25) is 4.79 Å². The fraction of sp³-hybridized carbons (Fsp3) is 0.250. The first-order chi connectivity index (χ1) is 23.3. The summed E-state index contributed by atoms with van der Waals surface area (Å²) in [6.45, 7) is -9.82. The third kappa shape index (κ3) is 4.98. The minimum atomic E-state index is -3.77. The number of hydrogen-bond acceptors (Lipinski definition) is 10. The molecule has 202 valence electrons. The minimum Gasteiger partial charge on any atom is -0.457 e. The molecular formula is C28H28N10O2. The van der Waals surface area contributed by atoms with Gasteiger partial charge in [-0.25, -0.2) is 24.6 Å². The number of amides is 1. The lowest BCUT2D eigenvalue weighted by Crippen LogP contribution is -2.34. The zero-order chi connectivity index (χ0) is 36.6. The Kier molecular flexibility index (Phi) is 4.25. The second-order valence-corrected chi connectivity index (χ2v) is 8.48. The number of ether oxygens (including phenoxy) is 1. The number of anilines is 3. The predicted octanol–water partition coefficient (Wildman–Crippen LogP) is 3.77. The van der Waals surface area contributed by atoms with E-state index in [4.69, 9.17) is 18.4 Å². The van der Waals surface area contributed by atoms with Gasteiger partial charge in [-0.05, 0) is 55.3 Å². The molecule has 3 aromatic heterocycles. The van der Waals surface area contributed by atoms with E-state index in [9.17, 15) is 4.79 Å². The van der Waals surface area contributed by atoms with Gasteiger partial charge in [0.25, 0.3) is 0 Å². The van der Waals surface area contributed by atoms with Gasteiger partial charge in [-0.2, -0.15) is 0 Å². The molecule has 1 saturated heterocycles. The van der Waals surface area contributed by atoms with Crippen molar-refractivity contribution in [1.82, 2.24) is 39.8 Å². The molecule has 6 rings (SSSR count). The molecule has 0 atom stereocenters. The van der Waals surface area contributed by atoms with Crippen LogP contribution in [0.2, 0.25) is 0 Å². The van der Waals surface area contributed by atoms with Gasteiger partial charge in [-0.15, -0.1) is 5.10 Å². The number of aromatic nitrogens is 7. The highest BCUT2D eigenvalue weighted by molar-refractivity contribution is 5.88. The maximum absolute atomic E-state index is 12.7. The van der Waals surface area contributed by atoms with Gasteiger partial charge in [-0.1, -0.05) is 11.8 Å². The van der Waals surface area contributed by atoms with Crippen LogP contribution in [0.5, 0.6) is 11.5 Å². The summed E-state index contributed by atoms with van der Waals surface area (Å²) in [4.78, 5) is 28.9. The van der Waals surface area contributed by atoms with Gasteiger partial charge in [0, 0.05) is 53.0 Å². The van der Waals surface area contributed by atoms with Gasteiger partial charge >= 0.3 is 0 Å². The first-order valence-corrected chi connectivity index (χ1v) is 11.9. The zero-order valence-electron chi connectivity index (χ0n) is 31.2. The van der Waals surface area contributed by atoms with Crippen molar-refractivity contribution >= 4 is 45.4 Å². The van der Waals surface area contributed by atoms with E-state index in [1.165, 1.54) is 6.33 Å². The molecule has 40 heavy (non-hydrogen) atoms. The van der Waals surface area contributed by atoms with E-state index in [2.05, 4.69) is 42.1 Å². The van der Waals surface area contributed by atoms with Gasteiger partial charge in [0.05, 0.1) is 17.2 Å². The third-order valence-corrected chi connectivity index (χ3v) is 5.82. The average molecular weight is 547 g/mol. The zero-order valence-corrected chi connectivity index (χ0v) is 21.2. The van der Waals surface area contributed by atoms with Crippen LogP contribution in [-0.4, -0.2) is 71.7 Å². The van der Waals surface area contributed by atoms with E-state index in [-0.39, 0.29) is 26.7 Å². The fourth-order valence-electron chi connectivity index (χ4n) is 3.83. The number of benzene rings is 2. The molecule has 0 unspecified atom stereocenters. The van der Waals surface area contributed by atoms with Gasteiger partial charge in [0.1, 0.15) is 34.4 Å². The lowest BCUT2D eigenvalue weighted by Gasteiger charge is -2.21. The Morgan fingerprint density at radius 2 is 2.00 bits per heavy atom. The van der Waals surface area contributed by atoms with Crippen molar-refractivity contribution in [2.45, 2.75) is 13.3 Å². The monoisotopic (exact) mass is 546 g/mol. The van der Waals surface area contributed by atoms with Crippen molar-refractivity contribution < 1.29 is 23.2 Å². The number of rotatable bonds is 6. The molecule has 1 aliphatic rings. The highest BCUT2D eigenvalue weighted by atomic mass is 16.5. The second-order valence-electron chi connectivity index (χ2n) is 8.48. The summed E-state index contributed by atoms with van der Waals surface area (Å²) < 4.78 is 93.6. The standard InChI is InChI=1S/C28H28N10O2/c1-4-25(39)37-10-5-11-38(13-12-37)28-29-16-22-26(33-28)27(31-17-30-22)32-19-6-9-24(18(2)14-19)40-20-7-8-23-21(15-20)34-35-36(23)3/h4,6-9,14-17H,1,5,10-13H2,2-3H3,(H,30,31,32)/i5D2,10D2,11D2,12D2,13D2. The predicted molar refractivity (Wildman–Crippen MR) is 152 cm³/mol. The highest BCUT2D eigenvalue weighted by Crippen LogP contribution is 2.31. The molecule has 12 nitrogen and oxygen atoms in total. The molecule has 0 bridgehead atoms. The number of fused-ring (bicyclic) bond motifs is 2. The summed E-state index contributed by atoms with van der Waals surface area (Å²) in [7, 11) is 1.78. The van der Waals surface area contributed by atoms with Gasteiger partial charge in [0.15, 0.2) is 5.82 Å². The summed E-state index contributed by atoms with van der Waals surface area (Å²) >= 11 is 0. The van der Waals surface area contributed by atoms with E-state index in [0.717, 1.165) is 11.7 Å². The maximum Gasteiger partial charge on any atom is 0.246 e. The van der Waals surface area contributed by atoms with E-state index in [1.807, 2.05) is 13.0 Å². The van der Waals surface area contributed by atoms with Crippen molar-refractivity contribution in [2.75, 3.05) is 36.2 Å². The number of carbonyl (C=O) groups excluding carboxylic acids is 1. The summed E-state index contributed by atoms with van der Waals surface area (Å²) in [5, 5.41) is 11.2. The summed E-state index contributed by atoms with van der Waals surface area (Å²) in [5.41, 5.74) is 2.72. The summed E-state index contributed by atoms with van der Waals surface area (Å²) in [6.07, 6.45) is -1.03. The van der Waals surface area contributed by atoms with E-state index < -0.39 is 44.2 Å². The molecule has 2 aromatic carbocycles. The summed E-state index contributed by atoms with van der Waals surface area (Å²) in [5.74, 6) is -1.26. The fourth-order valence-corrected chi connectivity index (χ4v) is 3.83. The molecule has 4 heterocycles. The second kappa shape index (κ2) is 10.6. The Morgan fingerprint density at radius 1 is 1.10 bits per heavy atom. The molecule has 0 radical (unpaired) electrons. The Hall–Kier alpha value is -5.13. The largest absolute Gasteiger partial charge is 0.457 e. The van der Waals surface area contributed by atoms with Crippen LogP contribution < -0.4 is 15.0 Å². The molecule has 1 fully saturated rings. The maximum atomic E-state index is 12.7. The molecule has 1 aliphatic heterocycles. The Labute approximate surface area is 244 Å². The van der Waals surface area contributed by atoms with Crippen LogP contribution in [0.3, 0.4) is 0 Å². The Balaban J connectivity index is 1.39. The normalized spacial score (nSPS) is 23.9. The smallest absolute Gasteiger partial charge is 0.246 e. The van der Waals surface area contributed by atoms with Crippen molar-refractivity contribution in [3.8, 4) is 11.5 Å². The Bertz CT molecular complexity index is 2180. The van der Waals surface area contributed by atoms with Crippen LogP contribution in [0.4, 0.5) is 17.5 Å². The van der Waals surface area contributed by atoms with Crippen LogP contribution in [0, 0.1) is 6.92 Å². The number of aryl methyl sites for hydroxylation is 2. The molecule has 5 aromatic rings. The van der Waals surface area contributed by atoms with Crippen molar-refractivity contribution in [3.05, 3.63) is 67.1 Å². The van der Waals surface area contributed by atoms with Gasteiger partial charge in [0.2, 0.25) is 11.9 Å². The number of carbonyl (C=O) groups is 1. The number of nitrogens with one attached hydrogen (secondary N) is 1. The first-order valence-electron chi connectivity index (χ1n) is 16.9. The van der Waals surface area contributed by atoms with Crippen LogP contribution in [-0.2, 0) is 11.8 Å².